The molecule has 1 heterocycles. The fraction of sp³-hybridized carbons (Fsp3) is 0.467. The summed E-state index contributed by atoms with van der Waals surface area (Å²) in [7, 11) is 0. The van der Waals surface area contributed by atoms with Crippen LogP contribution >= 0.6 is 0 Å². The molecule has 1 saturated heterocycles. The van der Waals surface area contributed by atoms with Gasteiger partial charge in [0.1, 0.15) is 5.76 Å². The first-order chi connectivity index (χ1) is 8.15. The molecule has 0 amide bonds. The van der Waals surface area contributed by atoms with E-state index < -0.39 is 0 Å². The van der Waals surface area contributed by atoms with Crippen LogP contribution in [-0.2, 0) is 6.54 Å². The Morgan fingerprint density at radius 3 is 2.71 bits per heavy atom. The Balaban J connectivity index is 1.96. The molecule has 1 unspecified atom stereocenters. The quantitative estimate of drug-likeness (QED) is 0.805. The number of aliphatic hydroxyl groups is 1. The fourth-order valence-electron chi connectivity index (χ4n) is 2.49. The molecule has 1 N–H and O–H groups in total. The minimum atomic E-state index is 0.142. The van der Waals surface area contributed by atoms with Crippen LogP contribution in [0.4, 0.5) is 0 Å². The van der Waals surface area contributed by atoms with Gasteiger partial charge in [-0.25, -0.2) is 0 Å². The van der Waals surface area contributed by atoms with Gasteiger partial charge >= 0.3 is 0 Å². The highest BCUT2D eigenvalue weighted by Gasteiger charge is 2.15. The molecule has 0 radical (unpaired) electrons. The SMILES string of the molecule is C=C(O)c1ccc(CN2CCCC(C)C2)cc1. The van der Waals surface area contributed by atoms with Crippen LogP contribution in [0.3, 0.4) is 0 Å². The summed E-state index contributed by atoms with van der Waals surface area (Å²) in [5, 5.41) is 9.27. The van der Waals surface area contributed by atoms with E-state index in [0.29, 0.717) is 0 Å². The summed E-state index contributed by atoms with van der Waals surface area (Å²) in [6.45, 7) is 9.28. The number of benzene rings is 1. The van der Waals surface area contributed by atoms with E-state index in [2.05, 4.69) is 30.5 Å². The van der Waals surface area contributed by atoms with E-state index in [0.717, 1.165) is 18.0 Å². The van der Waals surface area contributed by atoms with Gasteiger partial charge in [0.25, 0.3) is 0 Å². The van der Waals surface area contributed by atoms with Crippen molar-refractivity contribution in [2.24, 2.45) is 5.92 Å². The predicted molar refractivity (Wildman–Crippen MR) is 71.8 cm³/mol. The first-order valence-electron chi connectivity index (χ1n) is 6.34. The second-order valence-electron chi connectivity index (χ2n) is 5.13. The summed E-state index contributed by atoms with van der Waals surface area (Å²) < 4.78 is 0. The zero-order valence-corrected chi connectivity index (χ0v) is 10.5. The molecule has 1 aromatic carbocycles. The van der Waals surface area contributed by atoms with Crippen molar-refractivity contribution in [3.8, 4) is 0 Å². The molecular formula is C15H21NO. The van der Waals surface area contributed by atoms with E-state index in [1.807, 2.05) is 12.1 Å². The highest BCUT2D eigenvalue weighted by molar-refractivity contribution is 5.55. The molecule has 1 aliphatic heterocycles. The van der Waals surface area contributed by atoms with Crippen LogP contribution in [0.5, 0.6) is 0 Å². The number of piperidine rings is 1. The number of hydrogen-bond acceptors (Lipinski definition) is 2. The van der Waals surface area contributed by atoms with Gasteiger partial charge < -0.3 is 5.11 Å². The Labute approximate surface area is 104 Å². The fourth-order valence-corrected chi connectivity index (χ4v) is 2.49. The average molecular weight is 231 g/mol. The normalized spacial score (nSPS) is 21.4. The third-order valence-electron chi connectivity index (χ3n) is 3.43. The van der Waals surface area contributed by atoms with E-state index in [-0.39, 0.29) is 5.76 Å². The van der Waals surface area contributed by atoms with E-state index in [1.54, 1.807) is 0 Å². The van der Waals surface area contributed by atoms with Crippen molar-refractivity contribution in [2.75, 3.05) is 13.1 Å². The molecule has 92 valence electrons. The smallest absolute Gasteiger partial charge is 0.115 e. The van der Waals surface area contributed by atoms with Crippen LogP contribution in [-0.4, -0.2) is 23.1 Å². The van der Waals surface area contributed by atoms with Gasteiger partial charge in [-0.2, -0.15) is 0 Å². The maximum Gasteiger partial charge on any atom is 0.115 e. The largest absolute Gasteiger partial charge is 0.508 e. The topological polar surface area (TPSA) is 23.5 Å². The summed E-state index contributed by atoms with van der Waals surface area (Å²) in [6, 6.07) is 8.03. The Bertz CT molecular complexity index is 382. The Hall–Kier alpha value is -1.28. The van der Waals surface area contributed by atoms with Gasteiger partial charge in [0.15, 0.2) is 0 Å². The standard InChI is InChI=1S/C15H21NO/c1-12-4-3-9-16(10-12)11-14-5-7-15(8-6-14)13(2)17/h5-8,12,17H,2-4,9-11H2,1H3. The van der Waals surface area contributed by atoms with E-state index >= 15 is 0 Å². The zero-order valence-electron chi connectivity index (χ0n) is 10.5. The van der Waals surface area contributed by atoms with Crippen LogP contribution in [0.2, 0.25) is 0 Å². The van der Waals surface area contributed by atoms with Gasteiger partial charge in [-0.05, 0) is 30.9 Å². The second-order valence-corrected chi connectivity index (χ2v) is 5.13. The summed E-state index contributed by atoms with van der Waals surface area (Å²) in [5.41, 5.74) is 2.12. The van der Waals surface area contributed by atoms with Crippen molar-refractivity contribution in [3.05, 3.63) is 42.0 Å². The molecule has 0 saturated carbocycles. The summed E-state index contributed by atoms with van der Waals surface area (Å²) >= 11 is 0. The molecule has 0 aromatic heterocycles. The monoisotopic (exact) mass is 231 g/mol. The number of aliphatic hydroxyl groups excluding tert-OH is 1. The summed E-state index contributed by atoms with van der Waals surface area (Å²) in [6.07, 6.45) is 2.67. The van der Waals surface area contributed by atoms with Crippen LogP contribution in [0, 0.1) is 5.92 Å². The van der Waals surface area contributed by atoms with Gasteiger partial charge in [0.05, 0.1) is 0 Å². The van der Waals surface area contributed by atoms with Crippen molar-refractivity contribution in [3.63, 3.8) is 0 Å². The van der Waals surface area contributed by atoms with E-state index in [4.69, 9.17) is 0 Å². The molecule has 1 aromatic rings. The Morgan fingerprint density at radius 1 is 1.41 bits per heavy atom. The van der Waals surface area contributed by atoms with Crippen molar-refractivity contribution in [1.82, 2.24) is 4.90 Å². The molecule has 1 atom stereocenters. The molecule has 2 heteroatoms. The lowest BCUT2D eigenvalue weighted by molar-refractivity contribution is 0.176. The van der Waals surface area contributed by atoms with Gasteiger partial charge in [0.2, 0.25) is 0 Å². The molecule has 2 nitrogen and oxygen atoms in total. The Morgan fingerprint density at radius 2 is 2.12 bits per heavy atom. The molecule has 0 spiro atoms. The zero-order chi connectivity index (χ0) is 12.3. The third-order valence-corrected chi connectivity index (χ3v) is 3.43. The lowest BCUT2D eigenvalue weighted by Crippen LogP contribution is -2.33. The highest BCUT2D eigenvalue weighted by atomic mass is 16.3. The lowest BCUT2D eigenvalue weighted by atomic mass is 9.99. The highest BCUT2D eigenvalue weighted by Crippen LogP contribution is 2.18. The molecule has 0 aliphatic carbocycles. The first-order valence-corrected chi connectivity index (χ1v) is 6.34. The molecular weight excluding hydrogens is 210 g/mol. The van der Waals surface area contributed by atoms with Crippen LogP contribution in [0.25, 0.3) is 5.76 Å². The first kappa shape index (κ1) is 12.2. The minimum Gasteiger partial charge on any atom is -0.508 e. The van der Waals surface area contributed by atoms with Crippen LogP contribution < -0.4 is 0 Å². The second kappa shape index (κ2) is 5.37. The summed E-state index contributed by atoms with van der Waals surface area (Å²) in [4.78, 5) is 2.51. The average Bonchev–Trinajstić information content (AvgIpc) is 2.29. The maximum atomic E-state index is 9.27. The number of rotatable bonds is 3. The maximum absolute atomic E-state index is 9.27. The minimum absolute atomic E-state index is 0.142. The molecule has 1 fully saturated rings. The van der Waals surface area contributed by atoms with E-state index in [1.165, 1.54) is 31.5 Å². The summed E-state index contributed by atoms with van der Waals surface area (Å²) in [5.74, 6) is 0.961. The molecule has 2 rings (SSSR count). The number of nitrogens with zero attached hydrogens (tertiary/aromatic N) is 1. The van der Waals surface area contributed by atoms with Gasteiger partial charge in [-0.15, -0.1) is 0 Å². The van der Waals surface area contributed by atoms with Gasteiger partial charge in [-0.1, -0.05) is 37.8 Å². The van der Waals surface area contributed by atoms with Crippen LogP contribution in [0.1, 0.15) is 30.9 Å². The molecule has 17 heavy (non-hydrogen) atoms. The number of likely N-dealkylation sites (tertiary alicyclic amines) is 1. The molecule has 1 aliphatic rings. The lowest BCUT2D eigenvalue weighted by Gasteiger charge is -2.30. The van der Waals surface area contributed by atoms with Gasteiger partial charge in [0, 0.05) is 18.7 Å². The number of hydrogen-bond donors (Lipinski definition) is 1. The predicted octanol–water partition coefficient (Wildman–Crippen LogP) is 3.45. The molecule has 0 bridgehead atoms. The van der Waals surface area contributed by atoms with Crippen molar-refractivity contribution >= 4 is 5.76 Å². The Kier molecular flexibility index (Phi) is 3.85. The third kappa shape index (κ3) is 3.34. The van der Waals surface area contributed by atoms with Crippen molar-refractivity contribution in [1.29, 1.82) is 0 Å². The van der Waals surface area contributed by atoms with Crippen LogP contribution in [0.15, 0.2) is 30.8 Å². The van der Waals surface area contributed by atoms with E-state index in [9.17, 15) is 5.11 Å². The van der Waals surface area contributed by atoms with Crippen molar-refractivity contribution < 1.29 is 5.11 Å². The van der Waals surface area contributed by atoms with Crippen molar-refractivity contribution in [2.45, 2.75) is 26.3 Å². The van der Waals surface area contributed by atoms with Gasteiger partial charge in [-0.3, -0.25) is 4.90 Å².